The number of carbonyl (C=O) groups is 1. The van der Waals surface area contributed by atoms with Gasteiger partial charge >= 0.3 is 0 Å². The third kappa shape index (κ3) is 3.23. The van der Waals surface area contributed by atoms with Crippen molar-refractivity contribution in [3.63, 3.8) is 0 Å². The summed E-state index contributed by atoms with van der Waals surface area (Å²) in [7, 11) is 0. The van der Waals surface area contributed by atoms with Crippen molar-refractivity contribution in [3.8, 4) is 0 Å². The van der Waals surface area contributed by atoms with Crippen molar-refractivity contribution >= 4 is 5.91 Å². The summed E-state index contributed by atoms with van der Waals surface area (Å²) >= 11 is 0. The molecule has 2 fully saturated rings. The van der Waals surface area contributed by atoms with E-state index in [-0.39, 0.29) is 18.1 Å². The number of nitrogens with two attached hydrogens (primary N) is 1. The highest BCUT2D eigenvalue weighted by atomic mass is 16.5. The number of hydrogen-bond donors (Lipinski definition) is 1. The minimum Gasteiger partial charge on any atom is -0.378 e. The van der Waals surface area contributed by atoms with Crippen LogP contribution in [0.15, 0.2) is 0 Å². The molecule has 0 bridgehead atoms. The van der Waals surface area contributed by atoms with Crippen molar-refractivity contribution in [2.45, 2.75) is 57.6 Å². The molecule has 2 saturated heterocycles. The molecule has 2 heterocycles. The molecular formula is C14H26N2O2. The summed E-state index contributed by atoms with van der Waals surface area (Å²) in [5.41, 5.74) is 5.83. The first-order valence-corrected chi connectivity index (χ1v) is 7.33. The third-order valence-electron chi connectivity index (χ3n) is 4.35. The number of ether oxygens (including phenoxy) is 1. The van der Waals surface area contributed by atoms with Crippen molar-refractivity contribution in [1.82, 2.24) is 4.90 Å². The Kier molecular flexibility index (Phi) is 5.01. The normalized spacial score (nSPS) is 33.4. The van der Waals surface area contributed by atoms with Gasteiger partial charge in [-0.05, 0) is 38.0 Å². The highest BCUT2D eigenvalue weighted by Gasteiger charge is 2.32. The third-order valence-corrected chi connectivity index (χ3v) is 4.35. The predicted molar refractivity (Wildman–Crippen MR) is 71.2 cm³/mol. The van der Waals surface area contributed by atoms with Gasteiger partial charge in [0.05, 0.1) is 12.5 Å². The van der Waals surface area contributed by atoms with E-state index in [1.807, 2.05) is 4.90 Å². The minimum atomic E-state index is 0.141. The second kappa shape index (κ2) is 6.53. The van der Waals surface area contributed by atoms with Crippen molar-refractivity contribution in [3.05, 3.63) is 0 Å². The van der Waals surface area contributed by atoms with Crippen LogP contribution in [-0.4, -0.2) is 42.6 Å². The van der Waals surface area contributed by atoms with Gasteiger partial charge in [0.2, 0.25) is 5.91 Å². The molecule has 18 heavy (non-hydrogen) atoms. The number of amides is 1. The van der Waals surface area contributed by atoms with E-state index in [0.29, 0.717) is 18.9 Å². The molecule has 0 saturated carbocycles. The maximum Gasteiger partial charge on any atom is 0.225 e. The van der Waals surface area contributed by atoms with Crippen LogP contribution >= 0.6 is 0 Å². The van der Waals surface area contributed by atoms with Gasteiger partial charge in [-0.25, -0.2) is 0 Å². The molecule has 2 N–H and O–H groups in total. The fourth-order valence-corrected chi connectivity index (χ4v) is 3.20. The van der Waals surface area contributed by atoms with E-state index < -0.39 is 0 Å². The van der Waals surface area contributed by atoms with E-state index in [9.17, 15) is 4.79 Å². The van der Waals surface area contributed by atoms with E-state index in [4.69, 9.17) is 10.5 Å². The van der Waals surface area contributed by atoms with E-state index in [0.717, 1.165) is 32.4 Å². The molecule has 104 valence electrons. The van der Waals surface area contributed by atoms with E-state index >= 15 is 0 Å². The molecule has 0 aromatic rings. The van der Waals surface area contributed by atoms with Crippen LogP contribution in [0.4, 0.5) is 0 Å². The van der Waals surface area contributed by atoms with Gasteiger partial charge in [-0.3, -0.25) is 4.79 Å². The van der Waals surface area contributed by atoms with Gasteiger partial charge in [0, 0.05) is 25.7 Å². The highest BCUT2D eigenvalue weighted by Crippen LogP contribution is 2.25. The average molecular weight is 254 g/mol. The molecule has 2 rings (SSSR count). The maximum atomic E-state index is 12.4. The standard InChI is InChI=1S/C14H26N2O2/c1-11-5-4-7-16(13(11)10-15)14(17)9-12-6-2-3-8-18-12/h11-13H,2-10,15H2,1H3/t11-,12-,13+/m1/s1. The van der Waals surface area contributed by atoms with Gasteiger partial charge in [-0.2, -0.15) is 0 Å². The molecule has 0 spiro atoms. The number of likely N-dealkylation sites (tertiary alicyclic amines) is 1. The molecule has 0 aromatic heterocycles. The topological polar surface area (TPSA) is 55.6 Å². The summed E-state index contributed by atoms with van der Waals surface area (Å²) in [6, 6.07) is 0.231. The van der Waals surface area contributed by atoms with Crippen molar-refractivity contribution in [1.29, 1.82) is 0 Å². The molecule has 4 nitrogen and oxygen atoms in total. The van der Waals surface area contributed by atoms with Crippen molar-refractivity contribution in [2.24, 2.45) is 11.7 Å². The molecule has 2 aliphatic heterocycles. The van der Waals surface area contributed by atoms with E-state index in [2.05, 4.69) is 6.92 Å². The molecule has 3 atom stereocenters. The molecule has 0 radical (unpaired) electrons. The Morgan fingerprint density at radius 2 is 2.17 bits per heavy atom. The zero-order valence-corrected chi connectivity index (χ0v) is 11.4. The number of hydrogen-bond acceptors (Lipinski definition) is 3. The molecule has 0 unspecified atom stereocenters. The van der Waals surface area contributed by atoms with Crippen LogP contribution in [0.3, 0.4) is 0 Å². The quantitative estimate of drug-likeness (QED) is 0.831. The van der Waals surface area contributed by atoms with Gasteiger partial charge < -0.3 is 15.4 Å². The lowest BCUT2D eigenvalue weighted by Gasteiger charge is -2.40. The first-order chi connectivity index (χ1) is 8.72. The SMILES string of the molecule is C[C@@H]1CCCN(C(=O)C[C@H]2CCCCO2)[C@H]1CN. The second-order valence-electron chi connectivity index (χ2n) is 5.70. The van der Waals surface area contributed by atoms with Crippen LogP contribution < -0.4 is 5.73 Å². The highest BCUT2D eigenvalue weighted by molar-refractivity contribution is 5.77. The minimum absolute atomic E-state index is 0.141. The molecule has 1 amide bonds. The number of carbonyl (C=O) groups excluding carboxylic acids is 1. The van der Waals surface area contributed by atoms with E-state index in [1.54, 1.807) is 0 Å². The lowest BCUT2D eigenvalue weighted by molar-refractivity contribution is -0.140. The Bertz CT molecular complexity index is 277. The summed E-state index contributed by atoms with van der Waals surface area (Å²) in [6.07, 6.45) is 6.33. The number of nitrogens with zero attached hydrogens (tertiary/aromatic N) is 1. The van der Waals surface area contributed by atoms with Gasteiger partial charge in [0.1, 0.15) is 0 Å². The largest absolute Gasteiger partial charge is 0.378 e. The molecule has 4 heteroatoms. The van der Waals surface area contributed by atoms with Crippen LogP contribution in [0, 0.1) is 5.92 Å². The summed E-state index contributed by atoms with van der Waals surface area (Å²) in [4.78, 5) is 14.4. The lowest BCUT2D eigenvalue weighted by atomic mass is 9.90. The Morgan fingerprint density at radius 1 is 1.33 bits per heavy atom. The smallest absolute Gasteiger partial charge is 0.225 e. The Morgan fingerprint density at radius 3 is 2.83 bits per heavy atom. The van der Waals surface area contributed by atoms with Gasteiger partial charge in [0.15, 0.2) is 0 Å². The van der Waals surface area contributed by atoms with Crippen LogP contribution in [-0.2, 0) is 9.53 Å². The zero-order valence-electron chi connectivity index (χ0n) is 11.4. The van der Waals surface area contributed by atoms with E-state index in [1.165, 1.54) is 12.8 Å². The fourth-order valence-electron chi connectivity index (χ4n) is 3.20. The predicted octanol–water partition coefficient (Wildman–Crippen LogP) is 1.53. The summed E-state index contributed by atoms with van der Waals surface area (Å²) in [5, 5.41) is 0. The van der Waals surface area contributed by atoms with Gasteiger partial charge in [-0.1, -0.05) is 6.92 Å². The fraction of sp³-hybridized carbons (Fsp3) is 0.929. The average Bonchev–Trinajstić information content (AvgIpc) is 2.39. The lowest BCUT2D eigenvalue weighted by Crippen LogP contribution is -2.52. The van der Waals surface area contributed by atoms with Crippen molar-refractivity contribution < 1.29 is 9.53 Å². The van der Waals surface area contributed by atoms with Crippen LogP contribution in [0.2, 0.25) is 0 Å². The molecule has 2 aliphatic rings. The van der Waals surface area contributed by atoms with Crippen LogP contribution in [0.5, 0.6) is 0 Å². The molecule has 0 aromatic carbocycles. The van der Waals surface area contributed by atoms with Gasteiger partial charge in [-0.15, -0.1) is 0 Å². The van der Waals surface area contributed by atoms with Crippen molar-refractivity contribution in [2.75, 3.05) is 19.7 Å². The van der Waals surface area contributed by atoms with Crippen LogP contribution in [0.25, 0.3) is 0 Å². The zero-order chi connectivity index (χ0) is 13.0. The number of piperidine rings is 1. The maximum absolute atomic E-state index is 12.4. The summed E-state index contributed by atoms with van der Waals surface area (Å²) < 4.78 is 5.66. The number of rotatable bonds is 3. The van der Waals surface area contributed by atoms with Gasteiger partial charge in [0.25, 0.3) is 0 Å². The molecule has 0 aliphatic carbocycles. The summed E-state index contributed by atoms with van der Waals surface area (Å²) in [6.45, 7) is 4.47. The molecular weight excluding hydrogens is 228 g/mol. The monoisotopic (exact) mass is 254 g/mol. The Balaban J connectivity index is 1.89. The first kappa shape index (κ1) is 13.8. The first-order valence-electron chi connectivity index (χ1n) is 7.33. The second-order valence-corrected chi connectivity index (χ2v) is 5.70. The summed E-state index contributed by atoms with van der Waals surface area (Å²) in [5.74, 6) is 0.767. The Hall–Kier alpha value is -0.610. The Labute approximate surface area is 110 Å². The van der Waals surface area contributed by atoms with Crippen LogP contribution in [0.1, 0.15) is 45.4 Å².